The molecule has 0 aliphatic carbocycles. The van der Waals surface area contributed by atoms with Crippen molar-refractivity contribution in [2.24, 2.45) is 0 Å². The quantitative estimate of drug-likeness (QED) is 0.838. The fourth-order valence-electron chi connectivity index (χ4n) is 0.993. The van der Waals surface area contributed by atoms with Gasteiger partial charge in [-0.3, -0.25) is 4.98 Å². The number of hydrogen-bond acceptors (Lipinski definition) is 4. The highest BCUT2D eigenvalue weighted by atomic mass is 79.9. The van der Waals surface area contributed by atoms with Crippen LogP contribution in [0.25, 0.3) is 0 Å². The van der Waals surface area contributed by atoms with Crippen LogP contribution in [0.1, 0.15) is 5.69 Å². The second-order valence-electron chi connectivity index (χ2n) is 2.88. The Hall–Kier alpha value is -1.49. The molecule has 0 bridgehead atoms. The first kappa shape index (κ1) is 10.0. The second-order valence-corrected chi connectivity index (χ2v) is 3.73. The van der Waals surface area contributed by atoms with Crippen LogP contribution in [0.4, 0.5) is 0 Å². The molecule has 0 saturated carbocycles. The molecule has 15 heavy (non-hydrogen) atoms. The number of rotatable bonds is 2. The third-order valence-electron chi connectivity index (χ3n) is 1.74. The van der Waals surface area contributed by atoms with E-state index in [-0.39, 0.29) is 0 Å². The molecule has 76 valence electrons. The summed E-state index contributed by atoms with van der Waals surface area (Å²) < 4.78 is 6.27. The van der Waals surface area contributed by atoms with Crippen molar-refractivity contribution < 1.29 is 4.74 Å². The van der Waals surface area contributed by atoms with E-state index in [2.05, 4.69) is 30.9 Å². The fraction of sp³-hybridized carbons (Fsp3) is 0.100. The average molecular weight is 266 g/mol. The Labute approximate surface area is 95.5 Å². The highest BCUT2D eigenvalue weighted by Crippen LogP contribution is 2.19. The van der Waals surface area contributed by atoms with E-state index in [0.29, 0.717) is 11.8 Å². The van der Waals surface area contributed by atoms with Crippen molar-refractivity contribution in [2.45, 2.75) is 6.92 Å². The molecule has 2 aromatic heterocycles. The topological polar surface area (TPSA) is 47.9 Å². The van der Waals surface area contributed by atoms with Gasteiger partial charge in [-0.2, -0.15) is 4.98 Å². The molecule has 0 radical (unpaired) electrons. The van der Waals surface area contributed by atoms with Gasteiger partial charge < -0.3 is 4.74 Å². The van der Waals surface area contributed by atoms with Crippen LogP contribution in [0.5, 0.6) is 11.8 Å². The number of pyridine rings is 1. The Morgan fingerprint density at radius 1 is 1.33 bits per heavy atom. The van der Waals surface area contributed by atoms with Gasteiger partial charge in [0.05, 0.1) is 16.4 Å². The molecular weight excluding hydrogens is 258 g/mol. The zero-order valence-corrected chi connectivity index (χ0v) is 9.60. The summed E-state index contributed by atoms with van der Waals surface area (Å²) in [7, 11) is 0. The summed E-state index contributed by atoms with van der Waals surface area (Å²) in [6.07, 6.45) is 4.95. The largest absolute Gasteiger partial charge is 0.423 e. The van der Waals surface area contributed by atoms with E-state index in [1.165, 1.54) is 0 Å². The van der Waals surface area contributed by atoms with Gasteiger partial charge >= 0.3 is 6.01 Å². The zero-order valence-electron chi connectivity index (χ0n) is 8.01. The Balaban J connectivity index is 2.22. The number of nitrogens with zero attached hydrogens (tertiary/aromatic N) is 3. The molecule has 0 fully saturated rings. The van der Waals surface area contributed by atoms with Crippen LogP contribution in [0.15, 0.2) is 35.2 Å². The van der Waals surface area contributed by atoms with Crippen molar-refractivity contribution in [2.75, 3.05) is 0 Å². The van der Waals surface area contributed by atoms with Gasteiger partial charge in [-0.1, -0.05) is 0 Å². The van der Waals surface area contributed by atoms with Crippen LogP contribution >= 0.6 is 15.9 Å². The van der Waals surface area contributed by atoms with Gasteiger partial charge in [0.1, 0.15) is 5.75 Å². The molecule has 0 amide bonds. The zero-order chi connectivity index (χ0) is 10.7. The minimum Gasteiger partial charge on any atom is -0.423 e. The van der Waals surface area contributed by atoms with Crippen LogP contribution in [-0.4, -0.2) is 15.0 Å². The third kappa shape index (κ3) is 2.50. The summed E-state index contributed by atoms with van der Waals surface area (Å²) in [5.74, 6) is 0.624. The van der Waals surface area contributed by atoms with Gasteiger partial charge in [0.2, 0.25) is 0 Å². The monoisotopic (exact) mass is 265 g/mol. The Kier molecular flexibility index (Phi) is 2.91. The summed E-state index contributed by atoms with van der Waals surface area (Å²) in [5.41, 5.74) is 0.837. The minimum absolute atomic E-state index is 0.323. The van der Waals surface area contributed by atoms with Gasteiger partial charge in [-0.25, -0.2) is 4.98 Å². The lowest BCUT2D eigenvalue weighted by Crippen LogP contribution is -1.94. The molecule has 0 aliphatic rings. The van der Waals surface area contributed by atoms with Crippen LogP contribution < -0.4 is 4.74 Å². The molecule has 2 rings (SSSR count). The fourth-order valence-corrected chi connectivity index (χ4v) is 1.18. The molecule has 2 heterocycles. The van der Waals surface area contributed by atoms with E-state index in [9.17, 15) is 0 Å². The molecular formula is C10H8BrN3O. The van der Waals surface area contributed by atoms with Crippen molar-refractivity contribution in [3.8, 4) is 11.8 Å². The lowest BCUT2D eigenvalue weighted by molar-refractivity contribution is 0.438. The first-order valence-corrected chi connectivity index (χ1v) is 5.12. The van der Waals surface area contributed by atoms with Gasteiger partial charge in [0.15, 0.2) is 0 Å². The first-order valence-electron chi connectivity index (χ1n) is 4.33. The summed E-state index contributed by atoms with van der Waals surface area (Å²) in [4.78, 5) is 12.1. The SMILES string of the molecule is Cc1nc(Oc2cccnc2)ncc1Br. The van der Waals surface area contributed by atoms with Crippen LogP contribution in [0.2, 0.25) is 0 Å². The van der Waals surface area contributed by atoms with Crippen molar-refractivity contribution in [1.82, 2.24) is 15.0 Å². The molecule has 0 unspecified atom stereocenters. The van der Waals surface area contributed by atoms with E-state index < -0.39 is 0 Å². The molecule has 0 N–H and O–H groups in total. The van der Waals surface area contributed by atoms with Crippen LogP contribution in [-0.2, 0) is 0 Å². The molecule has 5 heteroatoms. The van der Waals surface area contributed by atoms with Gasteiger partial charge in [-0.05, 0) is 35.0 Å². The summed E-state index contributed by atoms with van der Waals surface area (Å²) in [6, 6.07) is 3.91. The highest BCUT2D eigenvalue weighted by Gasteiger charge is 2.02. The van der Waals surface area contributed by atoms with E-state index in [1.807, 2.05) is 6.92 Å². The molecule has 0 saturated heterocycles. The van der Waals surface area contributed by atoms with E-state index in [4.69, 9.17) is 4.74 Å². The maximum Gasteiger partial charge on any atom is 0.322 e. The third-order valence-corrected chi connectivity index (χ3v) is 2.52. The van der Waals surface area contributed by atoms with E-state index in [1.54, 1.807) is 30.7 Å². The lowest BCUT2D eigenvalue weighted by Gasteiger charge is -2.03. The van der Waals surface area contributed by atoms with Gasteiger partial charge in [0, 0.05) is 12.4 Å². The highest BCUT2D eigenvalue weighted by molar-refractivity contribution is 9.10. The Morgan fingerprint density at radius 2 is 2.20 bits per heavy atom. The number of ether oxygens (including phenoxy) is 1. The maximum atomic E-state index is 5.41. The lowest BCUT2D eigenvalue weighted by atomic mass is 10.4. The predicted octanol–water partition coefficient (Wildman–Crippen LogP) is 2.73. The number of aryl methyl sites for hydroxylation is 1. The number of hydrogen-bond donors (Lipinski definition) is 0. The van der Waals surface area contributed by atoms with Crippen molar-refractivity contribution in [1.29, 1.82) is 0 Å². The molecule has 2 aromatic rings. The van der Waals surface area contributed by atoms with Crippen LogP contribution in [0, 0.1) is 6.92 Å². The standard InChI is InChI=1S/C10H8BrN3O/c1-7-9(11)6-13-10(14-7)15-8-3-2-4-12-5-8/h2-6H,1H3. The van der Waals surface area contributed by atoms with Crippen molar-refractivity contribution >= 4 is 15.9 Å². The van der Waals surface area contributed by atoms with Crippen LogP contribution in [0.3, 0.4) is 0 Å². The summed E-state index contributed by atoms with van der Waals surface area (Å²) in [6.45, 7) is 1.88. The smallest absolute Gasteiger partial charge is 0.322 e. The summed E-state index contributed by atoms with van der Waals surface area (Å²) >= 11 is 3.32. The number of aromatic nitrogens is 3. The summed E-state index contributed by atoms with van der Waals surface area (Å²) in [5, 5.41) is 0. The normalized spacial score (nSPS) is 10.0. The average Bonchev–Trinajstić information content (AvgIpc) is 2.25. The molecule has 0 aliphatic heterocycles. The maximum absolute atomic E-state index is 5.41. The van der Waals surface area contributed by atoms with Crippen molar-refractivity contribution in [3.63, 3.8) is 0 Å². The molecule has 4 nitrogen and oxygen atoms in total. The van der Waals surface area contributed by atoms with Gasteiger partial charge in [0.25, 0.3) is 0 Å². The predicted molar refractivity (Wildman–Crippen MR) is 58.8 cm³/mol. The first-order chi connectivity index (χ1) is 7.25. The van der Waals surface area contributed by atoms with E-state index >= 15 is 0 Å². The van der Waals surface area contributed by atoms with Crippen molar-refractivity contribution in [3.05, 3.63) is 40.9 Å². The van der Waals surface area contributed by atoms with Gasteiger partial charge in [-0.15, -0.1) is 0 Å². The van der Waals surface area contributed by atoms with E-state index in [0.717, 1.165) is 10.2 Å². The molecule has 0 aromatic carbocycles. The Morgan fingerprint density at radius 3 is 2.87 bits per heavy atom. The second kappa shape index (κ2) is 4.35. The minimum atomic E-state index is 0.323. The number of halogens is 1. The molecule has 0 atom stereocenters. The Bertz CT molecular complexity index is 461. The molecule has 0 spiro atoms.